The summed E-state index contributed by atoms with van der Waals surface area (Å²) in [4.78, 5) is 27.1. The summed E-state index contributed by atoms with van der Waals surface area (Å²) in [5.41, 5.74) is 1.43. The first-order chi connectivity index (χ1) is 21.6. The van der Waals surface area contributed by atoms with Crippen molar-refractivity contribution in [3.63, 3.8) is 0 Å². The Labute approximate surface area is 287 Å². The molecule has 1 atom stereocenters. The van der Waals surface area contributed by atoms with Crippen LogP contribution < -0.4 is 15.4 Å². The van der Waals surface area contributed by atoms with Crippen LogP contribution in [0.4, 0.5) is 5.82 Å². The molecule has 1 aliphatic carbocycles. The van der Waals surface area contributed by atoms with Gasteiger partial charge >= 0.3 is 5.97 Å². The van der Waals surface area contributed by atoms with E-state index < -0.39 is 24.0 Å². The van der Waals surface area contributed by atoms with Gasteiger partial charge in [0.25, 0.3) is 5.91 Å². The zero-order chi connectivity index (χ0) is 32.1. The summed E-state index contributed by atoms with van der Waals surface area (Å²) in [5, 5.41) is 31.3. The second-order valence-electron chi connectivity index (χ2n) is 10.5. The molecule has 14 heteroatoms. The van der Waals surface area contributed by atoms with E-state index in [1.54, 1.807) is 36.4 Å². The number of nitrogens with zero attached hydrogens (tertiary/aromatic N) is 2. The average Bonchev–Trinajstić information content (AvgIpc) is 3.78. The Hall–Kier alpha value is -3.10. The SMILES string of the molecule is O=C(O)CNC(=O)c1ccnc(NCCC(O)(CI)c2ccc(OCc3c(-c4c(Cl)cccc4Cl)noc3C3CC3)cc2Cl)c1. The van der Waals surface area contributed by atoms with Crippen LogP contribution in [-0.2, 0) is 17.0 Å². The fourth-order valence-electron chi connectivity index (χ4n) is 4.76. The summed E-state index contributed by atoms with van der Waals surface area (Å²) < 4.78 is 12.2. The molecule has 0 saturated heterocycles. The molecule has 45 heavy (non-hydrogen) atoms. The molecule has 1 unspecified atom stereocenters. The molecule has 0 bridgehead atoms. The number of carbonyl (C=O) groups excluding carboxylic acids is 1. The highest BCUT2D eigenvalue weighted by Gasteiger charge is 2.34. The predicted molar refractivity (Wildman–Crippen MR) is 180 cm³/mol. The molecule has 236 valence electrons. The number of aliphatic hydroxyl groups is 1. The fourth-order valence-corrected chi connectivity index (χ4v) is 6.48. The first-order valence-electron chi connectivity index (χ1n) is 13.9. The molecule has 2 aromatic heterocycles. The molecule has 2 aromatic carbocycles. The van der Waals surface area contributed by atoms with Gasteiger partial charge in [-0.25, -0.2) is 4.98 Å². The predicted octanol–water partition coefficient (Wildman–Crippen LogP) is 7.09. The van der Waals surface area contributed by atoms with E-state index in [0.29, 0.717) is 54.4 Å². The van der Waals surface area contributed by atoms with Gasteiger partial charge in [-0.3, -0.25) is 9.59 Å². The van der Waals surface area contributed by atoms with Crippen molar-refractivity contribution in [2.75, 3.05) is 22.8 Å². The number of ether oxygens (including phenoxy) is 1. The normalized spacial score (nSPS) is 14.1. The smallest absolute Gasteiger partial charge is 0.322 e. The van der Waals surface area contributed by atoms with E-state index in [1.807, 2.05) is 0 Å². The molecule has 1 saturated carbocycles. The van der Waals surface area contributed by atoms with Crippen LogP contribution in [0.3, 0.4) is 0 Å². The third-order valence-electron chi connectivity index (χ3n) is 7.28. The second kappa shape index (κ2) is 14.5. The standard InChI is InChI=1S/C31H28Cl3IN4O6/c32-22-2-1-3-23(33)27(22)28-20(29(45-39-28)17-4-5-17)15-44-19-6-7-21(24(34)13-19)31(43,16-35)9-11-37-25-12-18(8-10-36-25)30(42)38-14-26(40)41/h1-3,6-8,10,12-13,17,43H,4-5,9,11,14-16H2,(H,36,37)(H,38,42)(H,40,41). The number of carboxylic acids is 1. The van der Waals surface area contributed by atoms with Crippen molar-refractivity contribution in [3.05, 3.63) is 92.2 Å². The van der Waals surface area contributed by atoms with Crippen LogP contribution in [0, 0.1) is 0 Å². The number of nitrogens with one attached hydrogen (secondary N) is 2. The van der Waals surface area contributed by atoms with Gasteiger partial charge in [0.05, 0.1) is 20.6 Å². The topological polar surface area (TPSA) is 147 Å². The molecule has 1 aliphatic rings. The number of hydrogen-bond acceptors (Lipinski definition) is 8. The van der Waals surface area contributed by atoms with Crippen molar-refractivity contribution in [1.82, 2.24) is 15.5 Å². The van der Waals surface area contributed by atoms with E-state index >= 15 is 0 Å². The lowest BCUT2D eigenvalue weighted by Gasteiger charge is -2.28. The molecule has 4 N–H and O–H groups in total. The molecule has 1 amide bonds. The van der Waals surface area contributed by atoms with Gasteiger partial charge in [-0.05, 0) is 55.7 Å². The van der Waals surface area contributed by atoms with Crippen molar-refractivity contribution >= 4 is 75.1 Å². The van der Waals surface area contributed by atoms with E-state index in [0.717, 1.165) is 24.2 Å². The highest BCUT2D eigenvalue weighted by molar-refractivity contribution is 14.1. The van der Waals surface area contributed by atoms with Crippen LogP contribution in [0.1, 0.15) is 52.4 Å². The van der Waals surface area contributed by atoms with Crippen LogP contribution in [0.25, 0.3) is 11.3 Å². The first-order valence-corrected chi connectivity index (χ1v) is 16.6. The molecule has 2 heterocycles. The van der Waals surface area contributed by atoms with E-state index in [2.05, 4.69) is 43.4 Å². The van der Waals surface area contributed by atoms with E-state index in [4.69, 9.17) is 49.2 Å². The molecule has 5 rings (SSSR count). The third-order valence-corrected chi connectivity index (χ3v) is 9.48. The maximum Gasteiger partial charge on any atom is 0.322 e. The van der Waals surface area contributed by atoms with Crippen molar-refractivity contribution in [2.45, 2.75) is 37.4 Å². The summed E-state index contributed by atoms with van der Waals surface area (Å²) >= 11 is 21.7. The number of aromatic nitrogens is 2. The number of hydrogen-bond donors (Lipinski definition) is 4. The number of carboxylic acid groups (broad SMARTS) is 1. The zero-order valence-corrected chi connectivity index (χ0v) is 28.1. The lowest BCUT2D eigenvalue weighted by molar-refractivity contribution is -0.135. The van der Waals surface area contributed by atoms with Crippen molar-refractivity contribution in [2.24, 2.45) is 0 Å². The molecule has 1 fully saturated rings. The molecule has 0 aliphatic heterocycles. The van der Waals surface area contributed by atoms with Crippen LogP contribution in [0.15, 0.2) is 59.3 Å². The Balaban J connectivity index is 1.26. The van der Waals surface area contributed by atoms with Crippen molar-refractivity contribution in [1.29, 1.82) is 0 Å². The monoisotopic (exact) mass is 784 g/mol. The number of benzene rings is 2. The number of alkyl halides is 1. The van der Waals surface area contributed by atoms with Gasteiger partial charge in [0.1, 0.15) is 41.8 Å². The van der Waals surface area contributed by atoms with Gasteiger partial charge in [-0.1, -0.05) is 74.7 Å². The quantitative estimate of drug-likeness (QED) is 0.0778. The molecule has 10 nitrogen and oxygen atoms in total. The van der Waals surface area contributed by atoms with E-state index in [-0.39, 0.29) is 24.5 Å². The summed E-state index contributed by atoms with van der Waals surface area (Å²) in [7, 11) is 0. The zero-order valence-electron chi connectivity index (χ0n) is 23.7. The Morgan fingerprint density at radius 2 is 1.84 bits per heavy atom. The number of rotatable bonds is 14. The van der Waals surface area contributed by atoms with Gasteiger partial charge in [0.15, 0.2) is 0 Å². The average molecular weight is 786 g/mol. The maximum absolute atomic E-state index is 12.2. The molecule has 0 radical (unpaired) electrons. The highest BCUT2D eigenvalue weighted by Crippen LogP contribution is 2.46. The first kappa shape index (κ1) is 33.3. The minimum Gasteiger partial charge on any atom is -0.489 e. The largest absolute Gasteiger partial charge is 0.489 e. The van der Waals surface area contributed by atoms with Gasteiger partial charge < -0.3 is 30.1 Å². The van der Waals surface area contributed by atoms with Gasteiger partial charge in [-0.2, -0.15) is 0 Å². The Morgan fingerprint density at radius 1 is 1.09 bits per heavy atom. The molecular formula is C31H28Cl3IN4O6. The summed E-state index contributed by atoms with van der Waals surface area (Å²) in [6.45, 7) is -0.0213. The van der Waals surface area contributed by atoms with Crippen LogP contribution in [-0.4, -0.2) is 49.7 Å². The summed E-state index contributed by atoms with van der Waals surface area (Å²) in [6, 6.07) is 13.4. The van der Waals surface area contributed by atoms with Crippen LogP contribution in [0.5, 0.6) is 5.75 Å². The third kappa shape index (κ3) is 8.01. The Kier molecular flexibility index (Phi) is 10.8. The minimum atomic E-state index is -1.28. The van der Waals surface area contributed by atoms with E-state index in [1.165, 1.54) is 18.3 Å². The number of aliphatic carboxylic acids is 1. The van der Waals surface area contributed by atoms with Gasteiger partial charge in [0.2, 0.25) is 0 Å². The Morgan fingerprint density at radius 3 is 2.51 bits per heavy atom. The maximum atomic E-state index is 12.2. The highest BCUT2D eigenvalue weighted by atomic mass is 127. The molecule has 0 spiro atoms. The van der Waals surface area contributed by atoms with Gasteiger partial charge in [0, 0.05) is 39.8 Å². The van der Waals surface area contributed by atoms with Gasteiger partial charge in [-0.15, -0.1) is 0 Å². The van der Waals surface area contributed by atoms with Crippen molar-refractivity contribution in [3.8, 4) is 17.0 Å². The minimum absolute atomic E-state index is 0.156. The number of carbonyl (C=O) groups is 2. The number of anilines is 1. The molecular weight excluding hydrogens is 758 g/mol. The summed E-state index contributed by atoms with van der Waals surface area (Å²) in [5.74, 6) is 0.266. The number of amides is 1. The van der Waals surface area contributed by atoms with Crippen LogP contribution >= 0.6 is 57.4 Å². The molecule has 4 aromatic rings. The number of halogens is 4. The lowest BCUT2D eigenvalue weighted by Crippen LogP contribution is -2.31. The second-order valence-corrected chi connectivity index (χ2v) is 12.5. The summed E-state index contributed by atoms with van der Waals surface area (Å²) in [6.07, 6.45) is 3.73. The van der Waals surface area contributed by atoms with Crippen LogP contribution in [0.2, 0.25) is 15.1 Å². The lowest BCUT2D eigenvalue weighted by atomic mass is 9.92. The Bertz CT molecular complexity index is 1700. The fraction of sp³-hybridized carbons (Fsp3) is 0.290. The van der Waals surface area contributed by atoms with E-state index in [9.17, 15) is 14.7 Å². The van der Waals surface area contributed by atoms with Crippen molar-refractivity contribution < 1.29 is 29.1 Å². The number of pyridine rings is 1.